The molecule has 0 aliphatic heterocycles. The number of amides is 1. The number of hydrogen-bond acceptors (Lipinski definition) is 5. The first kappa shape index (κ1) is 14.7. The van der Waals surface area contributed by atoms with E-state index in [1.165, 1.54) is 11.3 Å². The minimum absolute atomic E-state index is 0.212. The lowest BCUT2D eigenvalue weighted by molar-refractivity contribution is -0.122. The van der Waals surface area contributed by atoms with Crippen LogP contribution in [0.4, 0.5) is 5.13 Å². The van der Waals surface area contributed by atoms with Gasteiger partial charge in [-0.25, -0.2) is 4.98 Å². The molecule has 6 heteroatoms. The van der Waals surface area contributed by atoms with E-state index in [1.54, 1.807) is 18.3 Å². The van der Waals surface area contributed by atoms with Gasteiger partial charge in [0, 0.05) is 5.38 Å². The monoisotopic (exact) mass is 330 g/mol. The zero-order valence-corrected chi connectivity index (χ0v) is 13.5. The second-order valence-corrected chi connectivity index (χ2v) is 6.38. The predicted octanol–water partition coefficient (Wildman–Crippen LogP) is 4.28. The van der Waals surface area contributed by atoms with Crippen LogP contribution in [0.2, 0.25) is 0 Å². The van der Waals surface area contributed by atoms with Crippen LogP contribution in [0.3, 0.4) is 0 Å². The summed E-state index contributed by atoms with van der Waals surface area (Å²) in [5.74, 6) is 0.458. The van der Waals surface area contributed by atoms with Gasteiger partial charge in [0.05, 0.1) is 10.6 Å². The van der Waals surface area contributed by atoms with Crippen LogP contribution in [0.15, 0.2) is 53.2 Å². The molecular formula is C16H14N2O2S2. The molecule has 1 aromatic carbocycles. The second kappa shape index (κ2) is 6.72. The van der Waals surface area contributed by atoms with Crippen LogP contribution in [0.5, 0.6) is 5.75 Å². The number of carbonyl (C=O) groups is 1. The summed E-state index contributed by atoms with van der Waals surface area (Å²) in [6, 6.07) is 13.3. The Hall–Kier alpha value is -2.18. The van der Waals surface area contributed by atoms with Crippen LogP contribution in [-0.4, -0.2) is 17.0 Å². The Morgan fingerprint density at radius 3 is 2.73 bits per heavy atom. The number of aromatic nitrogens is 1. The molecule has 22 heavy (non-hydrogen) atoms. The average Bonchev–Trinajstić information content (AvgIpc) is 3.19. The first-order valence-corrected chi connectivity index (χ1v) is 8.50. The highest BCUT2D eigenvalue weighted by Crippen LogP contribution is 2.28. The van der Waals surface area contributed by atoms with Crippen molar-refractivity contribution in [2.45, 2.75) is 13.0 Å². The van der Waals surface area contributed by atoms with Crippen LogP contribution in [0, 0.1) is 0 Å². The maximum Gasteiger partial charge on any atom is 0.266 e. The third kappa shape index (κ3) is 3.52. The minimum Gasteiger partial charge on any atom is -0.481 e. The summed E-state index contributed by atoms with van der Waals surface area (Å²) in [6.07, 6.45) is -0.587. The number of para-hydroxylation sites is 1. The molecule has 0 saturated carbocycles. The molecule has 1 N–H and O–H groups in total. The van der Waals surface area contributed by atoms with Gasteiger partial charge in [0.2, 0.25) is 0 Å². The Balaban J connectivity index is 1.62. The van der Waals surface area contributed by atoms with Crippen molar-refractivity contribution in [2.24, 2.45) is 0 Å². The van der Waals surface area contributed by atoms with Gasteiger partial charge in [-0.15, -0.1) is 22.7 Å². The lowest BCUT2D eigenvalue weighted by atomic mass is 10.3. The molecule has 3 rings (SSSR count). The molecule has 0 spiro atoms. The van der Waals surface area contributed by atoms with E-state index in [0.717, 1.165) is 10.6 Å². The molecule has 0 unspecified atom stereocenters. The van der Waals surface area contributed by atoms with Gasteiger partial charge in [0.25, 0.3) is 5.91 Å². The van der Waals surface area contributed by atoms with E-state index in [2.05, 4.69) is 10.3 Å². The highest BCUT2D eigenvalue weighted by molar-refractivity contribution is 7.16. The number of anilines is 1. The zero-order chi connectivity index (χ0) is 15.4. The molecule has 0 aliphatic carbocycles. The molecule has 0 radical (unpaired) electrons. The topological polar surface area (TPSA) is 51.2 Å². The molecule has 0 fully saturated rings. The van der Waals surface area contributed by atoms with Crippen LogP contribution in [-0.2, 0) is 4.79 Å². The van der Waals surface area contributed by atoms with Crippen molar-refractivity contribution in [1.82, 2.24) is 4.98 Å². The molecule has 0 bridgehead atoms. The Morgan fingerprint density at radius 2 is 2.00 bits per heavy atom. The number of ether oxygens (including phenoxy) is 1. The fourth-order valence-electron chi connectivity index (χ4n) is 1.83. The number of rotatable bonds is 5. The van der Waals surface area contributed by atoms with Gasteiger partial charge in [-0.05, 0) is 30.5 Å². The summed E-state index contributed by atoms with van der Waals surface area (Å²) in [4.78, 5) is 17.7. The standard InChI is InChI=1S/C16H14N2O2S2/c1-11(20-12-6-3-2-4-7-12)15(19)18-16-17-13(10-22-16)14-8-5-9-21-14/h2-11H,1H3,(H,17,18,19)/t11-/m1/s1. The number of hydrogen-bond donors (Lipinski definition) is 1. The number of thiophene rings is 1. The Bertz CT molecular complexity index is 739. The molecule has 2 aromatic heterocycles. The molecular weight excluding hydrogens is 316 g/mol. The van der Waals surface area contributed by atoms with E-state index < -0.39 is 6.10 Å². The molecule has 2 heterocycles. The van der Waals surface area contributed by atoms with Crippen LogP contribution in [0.1, 0.15) is 6.92 Å². The number of carbonyl (C=O) groups excluding carboxylic acids is 1. The first-order valence-electron chi connectivity index (χ1n) is 6.74. The number of benzene rings is 1. The molecule has 1 atom stereocenters. The quantitative estimate of drug-likeness (QED) is 0.760. The summed E-state index contributed by atoms with van der Waals surface area (Å²) in [5.41, 5.74) is 0.881. The van der Waals surface area contributed by atoms with Crippen molar-refractivity contribution in [1.29, 1.82) is 0 Å². The lowest BCUT2D eigenvalue weighted by Crippen LogP contribution is -2.30. The zero-order valence-electron chi connectivity index (χ0n) is 11.9. The third-order valence-electron chi connectivity index (χ3n) is 2.93. The van der Waals surface area contributed by atoms with Gasteiger partial charge in [-0.1, -0.05) is 24.3 Å². The number of nitrogens with zero attached hydrogens (tertiary/aromatic N) is 1. The maximum atomic E-state index is 12.1. The fraction of sp³-hybridized carbons (Fsp3) is 0.125. The average molecular weight is 330 g/mol. The van der Waals surface area contributed by atoms with Crippen molar-refractivity contribution in [3.8, 4) is 16.3 Å². The van der Waals surface area contributed by atoms with Crippen LogP contribution in [0.25, 0.3) is 10.6 Å². The van der Waals surface area contributed by atoms with E-state index in [9.17, 15) is 4.79 Å². The van der Waals surface area contributed by atoms with Gasteiger partial charge in [0.1, 0.15) is 5.75 Å². The van der Waals surface area contributed by atoms with Crippen LogP contribution >= 0.6 is 22.7 Å². The third-order valence-corrected chi connectivity index (χ3v) is 4.58. The lowest BCUT2D eigenvalue weighted by Gasteiger charge is -2.13. The summed E-state index contributed by atoms with van der Waals surface area (Å²) in [5, 5.41) is 7.31. The SMILES string of the molecule is C[C@@H](Oc1ccccc1)C(=O)Nc1nc(-c2cccs2)cs1. The smallest absolute Gasteiger partial charge is 0.266 e. The Kier molecular flexibility index (Phi) is 4.50. The number of nitrogens with one attached hydrogen (secondary N) is 1. The molecule has 1 amide bonds. The van der Waals surface area contributed by atoms with E-state index in [0.29, 0.717) is 10.9 Å². The summed E-state index contributed by atoms with van der Waals surface area (Å²) in [6.45, 7) is 1.72. The van der Waals surface area contributed by atoms with Crippen molar-refractivity contribution in [3.63, 3.8) is 0 Å². The Morgan fingerprint density at radius 1 is 1.18 bits per heavy atom. The van der Waals surface area contributed by atoms with E-state index in [1.807, 2.05) is 53.2 Å². The first-order chi connectivity index (χ1) is 10.7. The molecule has 112 valence electrons. The van der Waals surface area contributed by atoms with Gasteiger partial charge in [0.15, 0.2) is 11.2 Å². The molecule has 3 aromatic rings. The van der Waals surface area contributed by atoms with E-state index in [-0.39, 0.29) is 5.91 Å². The summed E-state index contributed by atoms with van der Waals surface area (Å²) in [7, 11) is 0. The second-order valence-electron chi connectivity index (χ2n) is 4.58. The van der Waals surface area contributed by atoms with Crippen LogP contribution < -0.4 is 10.1 Å². The summed E-state index contributed by atoms with van der Waals surface area (Å²) < 4.78 is 5.59. The van der Waals surface area contributed by atoms with Gasteiger partial charge < -0.3 is 4.74 Å². The molecule has 4 nitrogen and oxygen atoms in total. The fourth-order valence-corrected chi connectivity index (χ4v) is 3.31. The largest absolute Gasteiger partial charge is 0.481 e. The number of thiazole rings is 1. The predicted molar refractivity (Wildman–Crippen MR) is 90.6 cm³/mol. The van der Waals surface area contributed by atoms with Crippen molar-refractivity contribution < 1.29 is 9.53 Å². The van der Waals surface area contributed by atoms with Crippen molar-refractivity contribution in [2.75, 3.05) is 5.32 Å². The molecule has 0 aliphatic rings. The van der Waals surface area contributed by atoms with E-state index >= 15 is 0 Å². The minimum atomic E-state index is -0.587. The molecule has 0 saturated heterocycles. The Labute approximate surface area is 136 Å². The van der Waals surface area contributed by atoms with Crippen molar-refractivity contribution in [3.05, 3.63) is 53.2 Å². The van der Waals surface area contributed by atoms with Gasteiger partial charge in [-0.2, -0.15) is 0 Å². The highest BCUT2D eigenvalue weighted by Gasteiger charge is 2.16. The normalized spacial score (nSPS) is 11.9. The maximum absolute atomic E-state index is 12.1. The van der Waals surface area contributed by atoms with Crippen molar-refractivity contribution >= 4 is 33.7 Å². The van der Waals surface area contributed by atoms with Gasteiger partial charge >= 0.3 is 0 Å². The summed E-state index contributed by atoms with van der Waals surface area (Å²) >= 11 is 3.03. The van der Waals surface area contributed by atoms with Gasteiger partial charge in [-0.3, -0.25) is 10.1 Å². The van der Waals surface area contributed by atoms with E-state index in [4.69, 9.17) is 4.74 Å². The highest BCUT2D eigenvalue weighted by atomic mass is 32.1.